The summed E-state index contributed by atoms with van der Waals surface area (Å²) in [6.45, 7) is 5.09. The molecule has 1 aliphatic rings. The van der Waals surface area contributed by atoms with Crippen molar-refractivity contribution in [2.24, 2.45) is 11.7 Å². The van der Waals surface area contributed by atoms with E-state index in [1.165, 1.54) is 5.56 Å². The lowest BCUT2D eigenvalue weighted by molar-refractivity contribution is 0.319. The Morgan fingerprint density at radius 3 is 2.75 bits per heavy atom. The highest BCUT2D eigenvalue weighted by molar-refractivity contribution is 6.30. The van der Waals surface area contributed by atoms with Gasteiger partial charge in [0.25, 0.3) is 0 Å². The van der Waals surface area contributed by atoms with Crippen LogP contribution in [-0.2, 0) is 6.54 Å². The maximum absolute atomic E-state index is 6.08. The minimum Gasteiger partial charge on any atom is -0.326 e. The van der Waals surface area contributed by atoms with Crippen LogP contribution in [0.1, 0.15) is 12.5 Å². The van der Waals surface area contributed by atoms with Gasteiger partial charge >= 0.3 is 0 Å². The van der Waals surface area contributed by atoms with Gasteiger partial charge in [0, 0.05) is 36.3 Å². The highest BCUT2D eigenvalue weighted by atomic mass is 35.5. The maximum Gasteiger partial charge on any atom is 0.0695 e. The smallest absolute Gasteiger partial charge is 0.0695 e. The van der Waals surface area contributed by atoms with Crippen LogP contribution in [-0.4, -0.2) is 34.2 Å². The fraction of sp³-hybridized carbons (Fsp3) is 0.400. The molecule has 0 saturated carbocycles. The number of nitrogens with zero attached hydrogens (tertiary/aromatic N) is 2. The summed E-state index contributed by atoms with van der Waals surface area (Å²) in [6, 6.07) is 8.10. The Labute approximate surface area is 123 Å². The molecule has 0 spiro atoms. The van der Waals surface area contributed by atoms with Gasteiger partial charge in [-0.25, -0.2) is 0 Å². The van der Waals surface area contributed by atoms with Crippen LogP contribution in [0.2, 0.25) is 5.02 Å². The van der Waals surface area contributed by atoms with Crippen LogP contribution in [0.15, 0.2) is 30.5 Å². The first-order chi connectivity index (χ1) is 9.63. The molecule has 20 heavy (non-hydrogen) atoms. The summed E-state index contributed by atoms with van der Waals surface area (Å²) < 4.78 is 0. The number of benzene rings is 1. The average Bonchev–Trinajstić information content (AvgIpc) is 2.99. The zero-order valence-corrected chi connectivity index (χ0v) is 12.3. The van der Waals surface area contributed by atoms with Crippen LogP contribution in [0.25, 0.3) is 11.3 Å². The number of halogens is 1. The summed E-state index contributed by atoms with van der Waals surface area (Å²) in [5.74, 6) is 0.556. The molecule has 1 fully saturated rings. The molecule has 2 aromatic rings. The first-order valence-electron chi connectivity index (χ1n) is 6.89. The van der Waals surface area contributed by atoms with Crippen LogP contribution in [0.3, 0.4) is 0 Å². The van der Waals surface area contributed by atoms with E-state index in [1.807, 2.05) is 30.5 Å². The van der Waals surface area contributed by atoms with Crippen LogP contribution in [0.4, 0.5) is 0 Å². The molecule has 4 nitrogen and oxygen atoms in total. The summed E-state index contributed by atoms with van der Waals surface area (Å²) >= 11 is 5.93. The van der Waals surface area contributed by atoms with Gasteiger partial charge in [-0.3, -0.25) is 10.00 Å². The molecule has 0 amide bonds. The molecule has 0 radical (unpaired) electrons. The van der Waals surface area contributed by atoms with E-state index < -0.39 is 0 Å². The highest BCUT2D eigenvalue weighted by Gasteiger charge is 2.27. The molecule has 1 aromatic carbocycles. The minimum atomic E-state index is 0.279. The number of aromatic amines is 1. The van der Waals surface area contributed by atoms with Gasteiger partial charge in [0.2, 0.25) is 0 Å². The average molecular weight is 291 g/mol. The Morgan fingerprint density at radius 2 is 2.10 bits per heavy atom. The van der Waals surface area contributed by atoms with Crippen molar-refractivity contribution in [2.75, 3.05) is 13.1 Å². The Balaban J connectivity index is 1.79. The van der Waals surface area contributed by atoms with Gasteiger partial charge in [0.15, 0.2) is 0 Å². The van der Waals surface area contributed by atoms with Gasteiger partial charge in [-0.05, 0) is 23.6 Å². The first kappa shape index (κ1) is 13.6. The first-order valence-corrected chi connectivity index (χ1v) is 7.27. The Kier molecular flexibility index (Phi) is 3.78. The van der Waals surface area contributed by atoms with Crippen molar-refractivity contribution >= 4 is 11.6 Å². The van der Waals surface area contributed by atoms with Crippen molar-refractivity contribution in [3.63, 3.8) is 0 Å². The summed E-state index contributed by atoms with van der Waals surface area (Å²) in [5, 5.41) is 8.02. The number of H-pyrrole nitrogens is 1. The predicted octanol–water partition coefficient (Wildman–Crippen LogP) is 2.51. The second kappa shape index (κ2) is 5.56. The Morgan fingerprint density at radius 1 is 1.35 bits per heavy atom. The molecule has 2 atom stereocenters. The number of nitrogens with two attached hydrogens (primary N) is 1. The van der Waals surface area contributed by atoms with E-state index in [9.17, 15) is 0 Å². The van der Waals surface area contributed by atoms with E-state index in [-0.39, 0.29) is 6.04 Å². The number of aromatic nitrogens is 2. The van der Waals surface area contributed by atoms with Crippen molar-refractivity contribution in [1.29, 1.82) is 0 Å². The maximum atomic E-state index is 6.08. The standard InChI is InChI=1S/C15H19ClN4/c1-10-7-20(9-14(10)17)8-12-6-18-19-15(12)11-2-4-13(16)5-3-11/h2-6,10,14H,7-9,17H2,1H3,(H,18,19). The molecular weight excluding hydrogens is 272 g/mol. The number of nitrogens with one attached hydrogen (secondary N) is 1. The van der Waals surface area contributed by atoms with Gasteiger partial charge in [-0.15, -0.1) is 0 Å². The molecular formula is C15H19ClN4. The monoisotopic (exact) mass is 290 g/mol. The lowest BCUT2D eigenvalue weighted by atomic mass is 10.1. The van der Waals surface area contributed by atoms with Crippen molar-refractivity contribution in [1.82, 2.24) is 15.1 Å². The third kappa shape index (κ3) is 2.73. The highest BCUT2D eigenvalue weighted by Crippen LogP contribution is 2.25. The SMILES string of the molecule is CC1CN(Cc2cn[nH]c2-c2ccc(Cl)cc2)CC1N. The third-order valence-electron chi connectivity index (χ3n) is 3.99. The van der Waals surface area contributed by atoms with Crippen molar-refractivity contribution in [2.45, 2.75) is 19.5 Å². The summed E-state index contributed by atoms with van der Waals surface area (Å²) in [4.78, 5) is 2.39. The molecule has 106 valence electrons. The summed E-state index contributed by atoms with van der Waals surface area (Å²) in [6.07, 6.45) is 1.90. The molecule has 3 N–H and O–H groups in total. The number of likely N-dealkylation sites (tertiary alicyclic amines) is 1. The van der Waals surface area contributed by atoms with E-state index in [2.05, 4.69) is 22.0 Å². The van der Waals surface area contributed by atoms with Crippen LogP contribution >= 0.6 is 11.6 Å². The van der Waals surface area contributed by atoms with Gasteiger partial charge in [-0.1, -0.05) is 30.7 Å². The van der Waals surface area contributed by atoms with E-state index >= 15 is 0 Å². The van der Waals surface area contributed by atoms with Crippen LogP contribution in [0.5, 0.6) is 0 Å². The number of rotatable bonds is 3. The molecule has 5 heteroatoms. The van der Waals surface area contributed by atoms with Crippen LogP contribution < -0.4 is 5.73 Å². The summed E-state index contributed by atoms with van der Waals surface area (Å²) in [5.41, 5.74) is 9.46. The molecule has 2 heterocycles. The van der Waals surface area contributed by atoms with Crippen molar-refractivity contribution in [3.8, 4) is 11.3 Å². The third-order valence-corrected chi connectivity index (χ3v) is 4.24. The van der Waals surface area contributed by atoms with Crippen molar-refractivity contribution in [3.05, 3.63) is 41.0 Å². The number of hydrogen-bond donors (Lipinski definition) is 2. The quantitative estimate of drug-likeness (QED) is 0.913. The normalized spacial score (nSPS) is 23.4. The Bertz CT molecular complexity index is 568. The van der Waals surface area contributed by atoms with Gasteiger partial charge in [-0.2, -0.15) is 5.10 Å². The minimum absolute atomic E-state index is 0.279. The van der Waals surface area contributed by atoms with Crippen molar-refractivity contribution < 1.29 is 0 Å². The zero-order valence-electron chi connectivity index (χ0n) is 11.5. The fourth-order valence-electron chi connectivity index (χ4n) is 2.76. The molecule has 0 aliphatic carbocycles. The van der Waals surface area contributed by atoms with E-state index in [0.29, 0.717) is 5.92 Å². The molecule has 0 bridgehead atoms. The Hall–Kier alpha value is -1.36. The molecule has 1 aliphatic heterocycles. The zero-order chi connectivity index (χ0) is 14.1. The lowest BCUT2D eigenvalue weighted by Crippen LogP contribution is -2.28. The van der Waals surface area contributed by atoms with Crippen LogP contribution in [0, 0.1) is 5.92 Å². The van der Waals surface area contributed by atoms with Gasteiger partial charge in [0.05, 0.1) is 11.9 Å². The molecule has 1 saturated heterocycles. The van der Waals surface area contributed by atoms with Gasteiger partial charge in [0.1, 0.15) is 0 Å². The predicted molar refractivity (Wildman–Crippen MR) is 81.5 cm³/mol. The fourth-order valence-corrected chi connectivity index (χ4v) is 2.89. The second-order valence-corrected chi connectivity index (χ2v) is 6.05. The van der Waals surface area contributed by atoms with E-state index in [4.69, 9.17) is 17.3 Å². The second-order valence-electron chi connectivity index (χ2n) is 5.61. The topological polar surface area (TPSA) is 57.9 Å². The molecule has 2 unspecified atom stereocenters. The van der Waals surface area contributed by atoms with E-state index in [0.717, 1.165) is 35.9 Å². The summed E-state index contributed by atoms with van der Waals surface area (Å²) in [7, 11) is 0. The van der Waals surface area contributed by atoms with E-state index in [1.54, 1.807) is 0 Å². The number of hydrogen-bond acceptors (Lipinski definition) is 3. The van der Waals surface area contributed by atoms with Gasteiger partial charge < -0.3 is 5.73 Å². The lowest BCUT2D eigenvalue weighted by Gasteiger charge is -2.15. The largest absolute Gasteiger partial charge is 0.326 e. The molecule has 1 aromatic heterocycles. The molecule has 3 rings (SSSR count).